The maximum absolute atomic E-state index is 10.2. The van der Waals surface area contributed by atoms with E-state index in [1.165, 1.54) is 32.1 Å². The van der Waals surface area contributed by atoms with Crippen molar-refractivity contribution in [2.75, 3.05) is 0 Å². The van der Waals surface area contributed by atoms with Gasteiger partial charge >= 0.3 is 0 Å². The van der Waals surface area contributed by atoms with Crippen LogP contribution in [-0.4, -0.2) is 33.1 Å². The van der Waals surface area contributed by atoms with Crippen LogP contribution in [-0.2, 0) is 0 Å². The first-order valence-electron chi connectivity index (χ1n) is 12.6. The lowest BCUT2D eigenvalue weighted by Crippen LogP contribution is -2.43. The molecule has 0 bridgehead atoms. The summed E-state index contributed by atoms with van der Waals surface area (Å²) in [5, 5.41) is 30.3. The molecule has 0 radical (unpaired) electrons. The standard InChI is InChI=1S/C28H46O3/c1-19(9-7-14-26(3,4)31)24-13-16-27(5)22(10-8-15-28(24,27)6)12-11-21-17-23(29)18-25(30)20(21)2/h11-12,19,23-25,29-31H,2,7-10,13-18H2,1,3-6H3/b21-11-,22-12+/t19-,23-,24-,25+,27+,28-/m1/s1. The molecule has 176 valence electrons. The average molecular weight is 431 g/mol. The lowest BCUT2D eigenvalue weighted by molar-refractivity contribution is 0.0299. The Balaban J connectivity index is 1.77. The number of aliphatic hydroxyl groups excluding tert-OH is 2. The van der Waals surface area contributed by atoms with E-state index >= 15 is 0 Å². The third-order valence-corrected chi connectivity index (χ3v) is 9.27. The Kier molecular flexibility index (Phi) is 7.30. The highest BCUT2D eigenvalue weighted by atomic mass is 16.3. The Hall–Kier alpha value is -0.900. The zero-order valence-electron chi connectivity index (χ0n) is 20.6. The van der Waals surface area contributed by atoms with Gasteiger partial charge in [0.15, 0.2) is 0 Å². The Labute approximate surface area is 190 Å². The fourth-order valence-electron chi connectivity index (χ4n) is 7.06. The molecule has 6 atom stereocenters. The predicted molar refractivity (Wildman–Crippen MR) is 129 cm³/mol. The van der Waals surface area contributed by atoms with E-state index in [1.54, 1.807) is 5.57 Å². The summed E-state index contributed by atoms with van der Waals surface area (Å²) in [4.78, 5) is 0. The van der Waals surface area contributed by atoms with E-state index in [0.717, 1.165) is 36.3 Å². The molecule has 0 aromatic rings. The molecular formula is C28H46O3. The van der Waals surface area contributed by atoms with Gasteiger partial charge in [0.05, 0.1) is 17.8 Å². The smallest absolute Gasteiger partial charge is 0.0811 e. The Bertz CT molecular complexity index is 727. The number of aliphatic hydroxyl groups is 3. The molecule has 0 heterocycles. The normalized spacial score (nSPS) is 40.4. The average Bonchev–Trinajstić information content (AvgIpc) is 2.94. The summed E-state index contributed by atoms with van der Waals surface area (Å²) in [6.45, 7) is 15.4. The van der Waals surface area contributed by atoms with Crippen molar-refractivity contribution < 1.29 is 15.3 Å². The SMILES string of the molecule is C=C1/C(=C\C=C2/CCC[C@]3(C)[C@@H]([C@H](C)CCCC(C)(C)O)CC[C@@]23C)C[C@@H](O)C[C@@H]1O. The molecule has 3 saturated carbocycles. The molecule has 3 N–H and O–H groups in total. The highest BCUT2D eigenvalue weighted by molar-refractivity contribution is 5.39. The fraction of sp³-hybridized carbons (Fsp3) is 0.786. The summed E-state index contributed by atoms with van der Waals surface area (Å²) in [6.07, 6.45) is 13.7. The van der Waals surface area contributed by atoms with Gasteiger partial charge in [-0.15, -0.1) is 0 Å². The summed E-state index contributed by atoms with van der Waals surface area (Å²) < 4.78 is 0. The van der Waals surface area contributed by atoms with E-state index in [1.807, 2.05) is 13.8 Å². The van der Waals surface area contributed by atoms with Crippen molar-refractivity contribution in [2.45, 2.75) is 117 Å². The van der Waals surface area contributed by atoms with Gasteiger partial charge in [-0.2, -0.15) is 0 Å². The van der Waals surface area contributed by atoms with Gasteiger partial charge in [0.2, 0.25) is 0 Å². The lowest BCUT2D eigenvalue weighted by atomic mass is 9.53. The number of hydrogen-bond donors (Lipinski definition) is 3. The van der Waals surface area contributed by atoms with Crippen LogP contribution in [0.5, 0.6) is 0 Å². The van der Waals surface area contributed by atoms with Crippen molar-refractivity contribution in [3.8, 4) is 0 Å². The maximum atomic E-state index is 10.2. The molecule has 31 heavy (non-hydrogen) atoms. The van der Waals surface area contributed by atoms with Crippen LogP contribution in [0.1, 0.15) is 98.8 Å². The highest BCUT2D eigenvalue weighted by Gasteiger charge is 2.57. The van der Waals surface area contributed by atoms with E-state index < -0.39 is 17.8 Å². The van der Waals surface area contributed by atoms with Crippen molar-refractivity contribution in [3.05, 3.63) is 35.5 Å². The Morgan fingerprint density at radius 1 is 1.19 bits per heavy atom. The van der Waals surface area contributed by atoms with Crippen molar-refractivity contribution in [1.82, 2.24) is 0 Å². The molecule has 3 aliphatic rings. The molecule has 0 amide bonds. The highest BCUT2D eigenvalue weighted by Crippen LogP contribution is 2.67. The van der Waals surface area contributed by atoms with Crippen LogP contribution in [0, 0.1) is 22.7 Å². The molecule has 0 unspecified atom stereocenters. The molecule has 3 heteroatoms. The zero-order valence-corrected chi connectivity index (χ0v) is 20.6. The van der Waals surface area contributed by atoms with Crippen LogP contribution in [0.25, 0.3) is 0 Å². The molecule has 0 saturated heterocycles. The minimum absolute atomic E-state index is 0.213. The minimum atomic E-state index is -0.624. The summed E-state index contributed by atoms with van der Waals surface area (Å²) in [5.41, 5.74) is 3.28. The lowest BCUT2D eigenvalue weighted by Gasteiger charge is -2.51. The van der Waals surface area contributed by atoms with E-state index in [0.29, 0.717) is 24.2 Å². The van der Waals surface area contributed by atoms with E-state index in [-0.39, 0.29) is 5.41 Å². The van der Waals surface area contributed by atoms with Crippen LogP contribution in [0.4, 0.5) is 0 Å². The second-order valence-corrected chi connectivity index (χ2v) is 11.9. The van der Waals surface area contributed by atoms with Crippen molar-refractivity contribution >= 4 is 0 Å². The summed E-state index contributed by atoms with van der Waals surface area (Å²) in [6, 6.07) is 0. The Morgan fingerprint density at radius 3 is 2.58 bits per heavy atom. The van der Waals surface area contributed by atoms with Gasteiger partial charge in [-0.1, -0.05) is 57.9 Å². The van der Waals surface area contributed by atoms with Gasteiger partial charge in [0.25, 0.3) is 0 Å². The first-order chi connectivity index (χ1) is 14.4. The fourth-order valence-corrected chi connectivity index (χ4v) is 7.06. The third kappa shape index (κ3) is 5.04. The summed E-state index contributed by atoms with van der Waals surface area (Å²) in [7, 11) is 0. The van der Waals surface area contributed by atoms with Gasteiger partial charge in [-0.05, 0) is 92.6 Å². The van der Waals surface area contributed by atoms with Gasteiger partial charge < -0.3 is 15.3 Å². The third-order valence-electron chi connectivity index (χ3n) is 9.27. The zero-order chi connectivity index (χ0) is 23.0. The second kappa shape index (κ2) is 9.15. The second-order valence-electron chi connectivity index (χ2n) is 11.9. The summed E-state index contributed by atoms with van der Waals surface area (Å²) in [5.74, 6) is 1.40. The quantitative estimate of drug-likeness (QED) is 0.477. The summed E-state index contributed by atoms with van der Waals surface area (Å²) >= 11 is 0. The van der Waals surface area contributed by atoms with E-state index in [9.17, 15) is 15.3 Å². The van der Waals surface area contributed by atoms with Gasteiger partial charge in [-0.25, -0.2) is 0 Å². The first kappa shape index (κ1) is 24.7. The van der Waals surface area contributed by atoms with Gasteiger partial charge in [0.1, 0.15) is 0 Å². The molecule has 3 fully saturated rings. The molecule has 0 spiro atoms. The number of hydrogen-bond acceptors (Lipinski definition) is 3. The van der Waals surface area contributed by atoms with Crippen molar-refractivity contribution in [1.29, 1.82) is 0 Å². The van der Waals surface area contributed by atoms with Gasteiger partial charge in [-0.3, -0.25) is 0 Å². The molecular weight excluding hydrogens is 384 g/mol. The monoisotopic (exact) mass is 430 g/mol. The molecule has 0 aromatic carbocycles. The molecule has 3 nitrogen and oxygen atoms in total. The van der Waals surface area contributed by atoms with Crippen molar-refractivity contribution in [3.63, 3.8) is 0 Å². The van der Waals surface area contributed by atoms with Crippen LogP contribution in [0.3, 0.4) is 0 Å². The number of fused-ring (bicyclic) bond motifs is 1. The van der Waals surface area contributed by atoms with Crippen LogP contribution >= 0.6 is 0 Å². The largest absolute Gasteiger partial charge is 0.393 e. The van der Waals surface area contributed by atoms with Crippen LogP contribution < -0.4 is 0 Å². The Morgan fingerprint density at radius 2 is 1.90 bits per heavy atom. The topological polar surface area (TPSA) is 60.7 Å². The predicted octanol–water partition coefficient (Wildman–Crippen LogP) is 6.09. The maximum Gasteiger partial charge on any atom is 0.0811 e. The van der Waals surface area contributed by atoms with E-state index in [4.69, 9.17) is 0 Å². The minimum Gasteiger partial charge on any atom is -0.393 e. The van der Waals surface area contributed by atoms with Crippen LogP contribution in [0.2, 0.25) is 0 Å². The molecule has 3 rings (SSSR count). The van der Waals surface area contributed by atoms with Gasteiger partial charge in [0, 0.05) is 6.42 Å². The van der Waals surface area contributed by atoms with Crippen LogP contribution in [0.15, 0.2) is 35.5 Å². The molecule has 0 aliphatic heterocycles. The molecule has 0 aromatic heterocycles. The number of rotatable bonds is 6. The van der Waals surface area contributed by atoms with Crippen molar-refractivity contribution in [2.24, 2.45) is 22.7 Å². The molecule has 3 aliphatic carbocycles. The first-order valence-corrected chi connectivity index (χ1v) is 12.6. The van der Waals surface area contributed by atoms with E-state index in [2.05, 4.69) is 39.5 Å². The number of allylic oxidation sites excluding steroid dienone is 3.